The van der Waals surface area contributed by atoms with E-state index < -0.39 is 0 Å². The van der Waals surface area contributed by atoms with Gasteiger partial charge in [-0.1, -0.05) is 103 Å². The predicted octanol–water partition coefficient (Wildman–Crippen LogP) is 11.0. The molecule has 9 aromatic rings. The highest BCUT2D eigenvalue weighted by molar-refractivity contribution is 6.10. The summed E-state index contributed by atoms with van der Waals surface area (Å²) in [6.45, 7) is 0. The molecular formula is C44H26N4. The molecule has 0 radical (unpaired) electrons. The second kappa shape index (κ2) is 10.9. The second-order valence-corrected chi connectivity index (χ2v) is 12.0. The minimum atomic E-state index is 0.513. The maximum Gasteiger partial charge on any atom is 0.0998 e. The molecule has 7 aromatic carbocycles. The van der Waals surface area contributed by atoms with E-state index in [1.165, 1.54) is 21.5 Å². The van der Waals surface area contributed by atoms with Gasteiger partial charge in [0.25, 0.3) is 0 Å². The molecule has 0 aliphatic rings. The van der Waals surface area contributed by atoms with Gasteiger partial charge in [-0.3, -0.25) is 0 Å². The summed E-state index contributed by atoms with van der Waals surface area (Å²) in [6.07, 6.45) is 0. The first-order chi connectivity index (χ1) is 23.7. The Morgan fingerprint density at radius 3 is 1.40 bits per heavy atom. The molecule has 4 nitrogen and oxygen atoms in total. The lowest BCUT2D eigenvalue weighted by atomic mass is 9.90. The van der Waals surface area contributed by atoms with Crippen LogP contribution in [0.3, 0.4) is 0 Å². The van der Waals surface area contributed by atoms with Crippen LogP contribution in [-0.4, -0.2) is 9.13 Å². The van der Waals surface area contributed by atoms with Gasteiger partial charge in [-0.2, -0.15) is 10.5 Å². The summed E-state index contributed by atoms with van der Waals surface area (Å²) in [7, 11) is 0. The fourth-order valence-electron chi connectivity index (χ4n) is 7.34. The third kappa shape index (κ3) is 4.07. The molecule has 9 rings (SSSR count). The number of nitriles is 2. The monoisotopic (exact) mass is 610 g/mol. The number of nitrogens with zero attached hydrogens (tertiary/aromatic N) is 4. The van der Waals surface area contributed by atoms with E-state index in [9.17, 15) is 10.5 Å². The molecule has 0 saturated carbocycles. The van der Waals surface area contributed by atoms with E-state index in [1.807, 2.05) is 42.5 Å². The predicted molar refractivity (Wildman–Crippen MR) is 195 cm³/mol. The molecule has 2 aromatic heterocycles. The quantitative estimate of drug-likeness (QED) is 0.199. The van der Waals surface area contributed by atoms with Crippen molar-refractivity contribution < 1.29 is 0 Å². The molecule has 0 spiro atoms. The summed E-state index contributed by atoms with van der Waals surface area (Å²) in [5, 5.41) is 25.8. The maximum atomic E-state index is 10.6. The van der Waals surface area contributed by atoms with Gasteiger partial charge in [-0.15, -0.1) is 0 Å². The lowest BCUT2D eigenvalue weighted by molar-refractivity contribution is 1.18. The molecule has 2 heterocycles. The largest absolute Gasteiger partial charge is 0.309 e. The summed E-state index contributed by atoms with van der Waals surface area (Å²) in [5.41, 5.74) is 10.6. The lowest BCUT2D eigenvalue weighted by Crippen LogP contribution is -1.99. The molecule has 48 heavy (non-hydrogen) atoms. The summed E-state index contributed by atoms with van der Waals surface area (Å²) < 4.78 is 4.53. The van der Waals surface area contributed by atoms with E-state index >= 15 is 0 Å². The Morgan fingerprint density at radius 2 is 0.833 bits per heavy atom. The molecule has 0 amide bonds. The van der Waals surface area contributed by atoms with Crippen LogP contribution >= 0.6 is 0 Å². The van der Waals surface area contributed by atoms with Crippen molar-refractivity contribution in [3.63, 3.8) is 0 Å². The fourth-order valence-corrected chi connectivity index (χ4v) is 7.34. The normalized spacial score (nSPS) is 11.3. The van der Waals surface area contributed by atoms with Gasteiger partial charge in [0.1, 0.15) is 0 Å². The van der Waals surface area contributed by atoms with E-state index in [0.717, 1.165) is 55.7 Å². The molecular weight excluding hydrogens is 585 g/mol. The molecule has 0 fully saturated rings. The van der Waals surface area contributed by atoms with Crippen LogP contribution in [0.2, 0.25) is 0 Å². The minimum Gasteiger partial charge on any atom is -0.309 e. The first kappa shape index (κ1) is 27.4. The summed E-state index contributed by atoms with van der Waals surface area (Å²) in [5.74, 6) is 0. The average Bonchev–Trinajstić information content (AvgIpc) is 3.67. The van der Waals surface area contributed by atoms with Crippen molar-refractivity contribution in [1.82, 2.24) is 9.13 Å². The number of rotatable bonds is 4. The zero-order valence-electron chi connectivity index (χ0n) is 25.8. The standard InChI is InChI=1S/C44H26N4/c45-27-30-26-39(37-18-5-10-23-44(37)48-42-21-8-3-16-35(42)36-17-4-9-22-43(36)48)31(28-46)25-38(30)29-12-11-13-32(24-29)47-40-19-6-1-14-33(40)34-15-2-7-20-41(34)47/h1-26H. The van der Waals surface area contributed by atoms with Crippen LogP contribution < -0.4 is 0 Å². The topological polar surface area (TPSA) is 57.4 Å². The number of hydrogen-bond acceptors (Lipinski definition) is 2. The van der Waals surface area contributed by atoms with Gasteiger partial charge in [0.2, 0.25) is 0 Å². The van der Waals surface area contributed by atoms with Gasteiger partial charge in [-0.05, 0) is 60.2 Å². The van der Waals surface area contributed by atoms with Crippen molar-refractivity contribution in [2.45, 2.75) is 0 Å². The molecule has 0 unspecified atom stereocenters. The smallest absolute Gasteiger partial charge is 0.0998 e. The van der Waals surface area contributed by atoms with Crippen molar-refractivity contribution in [2.24, 2.45) is 0 Å². The Balaban J connectivity index is 1.24. The van der Waals surface area contributed by atoms with Gasteiger partial charge in [0, 0.05) is 43.9 Å². The van der Waals surface area contributed by atoms with E-state index in [4.69, 9.17) is 0 Å². The van der Waals surface area contributed by atoms with Crippen LogP contribution in [0, 0.1) is 22.7 Å². The van der Waals surface area contributed by atoms with Gasteiger partial charge >= 0.3 is 0 Å². The summed E-state index contributed by atoms with van der Waals surface area (Å²) in [4.78, 5) is 0. The van der Waals surface area contributed by atoms with Crippen molar-refractivity contribution >= 4 is 43.6 Å². The first-order valence-electron chi connectivity index (χ1n) is 15.9. The molecule has 4 heteroatoms. The number of fused-ring (bicyclic) bond motifs is 6. The van der Waals surface area contributed by atoms with Gasteiger partial charge < -0.3 is 9.13 Å². The molecule has 0 atom stereocenters. The number of aromatic nitrogens is 2. The lowest BCUT2D eigenvalue weighted by Gasteiger charge is -2.17. The van der Waals surface area contributed by atoms with Gasteiger partial charge in [-0.25, -0.2) is 0 Å². The number of hydrogen-bond donors (Lipinski definition) is 0. The fraction of sp³-hybridized carbons (Fsp3) is 0. The number of para-hydroxylation sites is 5. The van der Waals surface area contributed by atoms with Crippen molar-refractivity contribution in [1.29, 1.82) is 10.5 Å². The Morgan fingerprint density at radius 1 is 0.375 bits per heavy atom. The third-order valence-electron chi connectivity index (χ3n) is 9.41. The maximum absolute atomic E-state index is 10.6. The van der Waals surface area contributed by atoms with Gasteiger partial charge in [0.15, 0.2) is 0 Å². The molecule has 222 valence electrons. The van der Waals surface area contributed by atoms with Crippen LogP contribution in [0.15, 0.2) is 158 Å². The van der Waals surface area contributed by atoms with Crippen LogP contribution in [0.1, 0.15) is 11.1 Å². The average molecular weight is 611 g/mol. The third-order valence-corrected chi connectivity index (χ3v) is 9.41. The molecule has 0 bridgehead atoms. The Kier molecular flexibility index (Phi) is 6.22. The Bertz CT molecular complexity index is 2710. The highest BCUT2D eigenvalue weighted by Gasteiger charge is 2.20. The van der Waals surface area contributed by atoms with Gasteiger partial charge in [0.05, 0.1) is 51.0 Å². The van der Waals surface area contributed by atoms with Crippen molar-refractivity contribution in [3.8, 4) is 45.8 Å². The first-order valence-corrected chi connectivity index (χ1v) is 15.9. The Labute approximate surface area is 277 Å². The molecule has 0 N–H and O–H groups in total. The van der Waals surface area contributed by atoms with Crippen LogP contribution in [0.25, 0.3) is 77.2 Å². The van der Waals surface area contributed by atoms with E-state index in [-0.39, 0.29) is 0 Å². The summed E-state index contributed by atoms with van der Waals surface area (Å²) >= 11 is 0. The van der Waals surface area contributed by atoms with Crippen molar-refractivity contribution in [2.75, 3.05) is 0 Å². The summed E-state index contributed by atoms with van der Waals surface area (Å²) in [6, 6.07) is 58.7. The van der Waals surface area contributed by atoms with E-state index in [2.05, 4.69) is 137 Å². The Hall–Kier alpha value is -6.88. The zero-order valence-corrected chi connectivity index (χ0v) is 25.8. The second-order valence-electron chi connectivity index (χ2n) is 12.0. The highest BCUT2D eigenvalue weighted by Crippen LogP contribution is 2.40. The SMILES string of the molecule is N#Cc1cc(-c2ccccc2-n2c3ccccc3c3ccccc32)c(C#N)cc1-c1cccc(-n2c3ccccc3c3ccccc32)c1. The number of benzene rings is 7. The van der Waals surface area contributed by atoms with Crippen LogP contribution in [-0.2, 0) is 0 Å². The minimum absolute atomic E-state index is 0.513. The van der Waals surface area contributed by atoms with Crippen LogP contribution in [0.5, 0.6) is 0 Å². The van der Waals surface area contributed by atoms with E-state index in [1.54, 1.807) is 0 Å². The molecule has 0 aliphatic carbocycles. The molecule has 0 aliphatic heterocycles. The zero-order chi connectivity index (χ0) is 32.2. The highest BCUT2D eigenvalue weighted by atomic mass is 15.0. The van der Waals surface area contributed by atoms with E-state index in [0.29, 0.717) is 11.1 Å². The van der Waals surface area contributed by atoms with Crippen molar-refractivity contribution in [3.05, 3.63) is 169 Å². The van der Waals surface area contributed by atoms with Crippen LogP contribution in [0.4, 0.5) is 0 Å². The molecule has 0 saturated heterocycles.